The van der Waals surface area contributed by atoms with Gasteiger partial charge in [0, 0.05) is 17.5 Å². The van der Waals surface area contributed by atoms with Crippen LogP contribution in [0.1, 0.15) is 50.1 Å². The van der Waals surface area contributed by atoms with Crippen LogP contribution in [0.5, 0.6) is 0 Å². The Hall–Kier alpha value is -1.40. The Morgan fingerprint density at radius 1 is 1.43 bits per heavy atom. The molecule has 2 heterocycles. The molecule has 0 saturated heterocycles. The highest BCUT2D eigenvalue weighted by Crippen LogP contribution is 2.35. The summed E-state index contributed by atoms with van der Waals surface area (Å²) in [5.74, 6) is -0.848. The quantitative estimate of drug-likeness (QED) is 0.830. The van der Waals surface area contributed by atoms with Crippen molar-refractivity contribution in [2.24, 2.45) is 0 Å². The second-order valence-corrected chi connectivity index (χ2v) is 7.12. The molecule has 2 atom stereocenters. The Labute approximate surface area is 141 Å². The number of fused-ring (bicyclic) bond motifs is 1. The largest absolute Gasteiger partial charge is 0.480 e. The lowest BCUT2D eigenvalue weighted by Crippen LogP contribution is -2.48. The van der Waals surface area contributed by atoms with E-state index in [0.717, 1.165) is 25.8 Å². The summed E-state index contributed by atoms with van der Waals surface area (Å²) in [7, 11) is 0. The van der Waals surface area contributed by atoms with Crippen molar-refractivity contribution in [1.82, 2.24) is 9.80 Å². The summed E-state index contributed by atoms with van der Waals surface area (Å²) >= 11 is 1.76. The van der Waals surface area contributed by atoms with E-state index >= 15 is 0 Å². The third-order valence-corrected chi connectivity index (χ3v) is 5.69. The fraction of sp³-hybridized carbons (Fsp3) is 0.647. The van der Waals surface area contributed by atoms with Crippen LogP contribution in [-0.4, -0.2) is 52.5 Å². The number of nitrogens with zero attached hydrogens (tertiary/aromatic N) is 2. The maximum absolute atomic E-state index is 12.8. The summed E-state index contributed by atoms with van der Waals surface area (Å²) in [6, 6.07) is 2.33. The smallest absolute Gasteiger partial charge is 0.317 e. The minimum atomic E-state index is -0.885. The molecular weight excluding hydrogens is 312 g/mol. The molecular formula is C17H26N2O3S. The molecule has 23 heavy (non-hydrogen) atoms. The van der Waals surface area contributed by atoms with E-state index in [1.807, 2.05) is 18.7 Å². The molecule has 1 amide bonds. The van der Waals surface area contributed by atoms with Gasteiger partial charge in [0.1, 0.15) is 0 Å². The fourth-order valence-electron chi connectivity index (χ4n) is 3.20. The van der Waals surface area contributed by atoms with E-state index in [-0.39, 0.29) is 31.1 Å². The zero-order chi connectivity index (χ0) is 17.0. The van der Waals surface area contributed by atoms with Crippen LogP contribution in [-0.2, 0) is 16.0 Å². The van der Waals surface area contributed by atoms with Gasteiger partial charge in [-0.15, -0.1) is 11.3 Å². The van der Waals surface area contributed by atoms with Crippen molar-refractivity contribution in [2.75, 3.05) is 19.6 Å². The van der Waals surface area contributed by atoms with E-state index in [2.05, 4.69) is 18.4 Å². The Morgan fingerprint density at radius 3 is 2.78 bits per heavy atom. The second kappa shape index (κ2) is 7.93. The molecule has 1 aliphatic rings. The van der Waals surface area contributed by atoms with Crippen LogP contribution in [0.3, 0.4) is 0 Å². The molecule has 0 saturated carbocycles. The number of carbonyl (C=O) groups is 2. The number of rotatable bonds is 7. The van der Waals surface area contributed by atoms with Crippen molar-refractivity contribution >= 4 is 23.2 Å². The van der Waals surface area contributed by atoms with Gasteiger partial charge in [0.2, 0.25) is 5.91 Å². The molecule has 0 fully saturated rings. The maximum Gasteiger partial charge on any atom is 0.317 e. The Kier molecular flexibility index (Phi) is 6.18. The first kappa shape index (κ1) is 17.9. The Morgan fingerprint density at radius 2 is 2.17 bits per heavy atom. The summed E-state index contributed by atoms with van der Waals surface area (Å²) in [5.41, 5.74) is 1.27. The van der Waals surface area contributed by atoms with E-state index in [0.29, 0.717) is 0 Å². The first-order valence-corrected chi connectivity index (χ1v) is 9.17. The number of hydrogen-bond donors (Lipinski definition) is 1. The van der Waals surface area contributed by atoms with E-state index in [9.17, 15) is 9.59 Å². The van der Waals surface area contributed by atoms with Crippen molar-refractivity contribution < 1.29 is 14.7 Å². The van der Waals surface area contributed by atoms with Gasteiger partial charge in [-0.25, -0.2) is 0 Å². The minimum Gasteiger partial charge on any atom is -0.480 e. The van der Waals surface area contributed by atoms with Crippen LogP contribution < -0.4 is 0 Å². The van der Waals surface area contributed by atoms with Gasteiger partial charge in [-0.2, -0.15) is 0 Å². The monoisotopic (exact) mass is 338 g/mol. The van der Waals surface area contributed by atoms with Crippen molar-refractivity contribution in [3.63, 3.8) is 0 Å². The molecule has 0 spiro atoms. The van der Waals surface area contributed by atoms with E-state index in [4.69, 9.17) is 5.11 Å². The fourth-order valence-corrected chi connectivity index (χ4v) is 4.13. The van der Waals surface area contributed by atoms with Crippen molar-refractivity contribution in [3.8, 4) is 0 Å². The van der Waals surface area contributed by atoms with Crippen LogP contribution in [0.25, 0.3) is 0 Å². The summed E-state index contributed by atoms with van der Waals surface area (Å²) in [5, 5.41) is 11.2. The molecule has 0 aromatic carbocycles. The number of thiophene rings is 1. The molecule has 0 aliphatic carbocycles. The molecule has 0 radical (unpaired) electrons. The number of carboxylic acid groups (broad SMARTS) is 1. The zero-order valence-electron chi connectivity index (χ0n) is 14.1. The molecule has 1 aromatic heterocycles. The third kappa shape index (κ3) is 4.12. The summed E-state index contributed by atoms with van der Waals surface area (Å²) in [6.45, 7) is 6.90. The number of amides is 1. The highest BCUT2D eigenvalue weighted by Gasteiger charge is 2.31. The van der Waals surface area contributed by atoms with Gasteiger partial charge in [0.25, 0.3) is 0 Å². The van der Waals surface area contributed by atoms with Gasteiger partial charge in [-0.05, 0) is 43.2 Å². The predicted molar refractivity (Wildman–Crippen MR) is 91.7 cm³/mol. The van der Waals surface area contributed by atoms with Gasteiger partial charge < -0.3 is 10.0 Å². The minimum absolute atomic E-state index is 0.0373. The van der Waals surface area contributed by atoms with E-state index in [1.54, 1.807) is 16.2 Å². The first-order chi connectivity index (χ1) is 11.0. The lowest BCUT2D eigenvalue weighted by atomic mass is 9.97. The number of carbonyl (C=O) groups excluding carboxylic acids is 1. The Bertz CT molecular complexity index is 558. The Balaban J connectivity index is 2.11. The average Bonchev–Trinajstić information content (AvgIpc) is 3.00. The molecule has 0 bridgehead atoms. The zero-order valence-corrected chi connectivity index (χ0v) is 14.9. The van der Waals surface area contributed by atoms with Crippen LogP contribution in [0, 0.1) is 0 Å². The SMILES string of the molecule is CCC(C)N(CC(=O)O)CC(=O)N1CCc2sccc2C1CC. The lowest BCUT2D eigenvalue weighted by Gasteiger charge is -2.37. The molecule has 6 heteroatoms. The highest BCUT2D eigenvalue weighted by atomic mass is 32.1. The van der Waals surface area contributed by atoms with Crippen LogP contribution in [0.15, 0.2) is 11.4 Å². The summed E-state index contributed by atoms with van der Waals surface area (Å²) in [4.78, 5) is 29.0. The second-order valence-electron chi connectivity index (χ2n) is 6.12. The molecule has 1 aromatic rings. The van der Waals surface area contributed by atoms with Gasteiger partial charge >= 0.3 is 5.97 Å². The maximum atomic E-state index is 12.8. The average molecular weight is 338 g/mol. The molecule has 5 nitrogen and oxygen atoms in total. The molecule has 2 unspecified atom stereocenters. The van der Waals surface area contributed by atoms with E-state index in [1.165, 1.54) is 10.4 Å². The molecule has 128 valence electrons. The van der Waals surface area contributed by atoms with Gasteiger partial charge in [0.15, 0.2) is 0 Å². The van der Waals surface area contributed by atoms with Crippen LogP contribution >= 0.6 is 11.3 Å². The molecule has 1 aliphatic heterocycles. The van der Waals surface area contributed by atoms with Crippen molar-refractivity contribution in [3.05, 3.63) is 21.9 Å². The van der Waals surface area contributed by atoms with E-state index < -0.39 is 5.97 Å². The van der Waals surface area contributed by atoms with Gasteiger partial charge in [-0.3, -0.25) is 14.5 Å². The number of aliphatic carboxylic acids is 1. The summed E-state index contributed by atoms with van der Waals surface area (Å²) < 4.78 is 0. The highest BCUT2D eigenvalue weighted by molar-refractivity contribution is 7.10. The third-order valence-electron chi connectivity index (χ3n) is 4.69. The lowest BCUT2D eigenvalue weighted by molar-refractivity contribution is -0.141. The molecule has 1 N–H and O–H groups in total. The predicted octanol–water partition coefficient (Wildman–Crippen LogP) is 2.77. The molecule has 2 rings (SSSR count). The van der Waals surface area contributed by atoms with Crippen LogP contribution in [0.4, 0.5) is 0 Å². The van der Waals surface area contributed by atoms with Crippen LogP contribution in [0.2, 0.25) is 0 Å². The number of carboxylic acids is 1. The normalized spacial score (nSPS) is 18.8. The van der Waals surface area contributed by atoms with Crippen molar-refractivity contribution in [2.45, 2.75) is 52.1 Å². The summed E-state index contributed by atoms with van der Waals surface area (Å²) in [6.07, 6.45) is 2.61. The standard InChI is InChI=1S/C17H26N2O3S/c1-4-12(3)18(11-17(21)22)10-16(20)19-8-6-15-13(7-9-23-15)14(19)5-2/h7,9,12,14H,4-6,8,10-11H2,1-3H3,(H,21,22). The first-order valence-electron chi connectivity index (χ1n) is 8.29. The number of hydrogen-bond acceptors (Lipinski definition) is 4. The van der Waals surface area contributed by atoms with Gasteiger partial charge in [0.05, 0.1) is 19.1 Å². The topological polar surface area (TPSA) is 60.9 Å². The van der Waals surface area contributed by atoms with Gasteiger partial charge in [-0.1, -0.05) is 13.8 Å². The van der Waals surface area contributed by atoms with Crippen molar-refractivity contribution in [1.29, 1.82) is 0 Å².